The van der Waals surface area contributed by atoms with E-state index in [4.69, 9.17) is 10.3 Å². The van der Waals surface area contributed by atoms with E-state index in [1.807, 2.05) is 25.3 Å². The van der Waals surface area contributed by atoms with Crippen LogP contribution in [-0.2, 0) is 5.75 Å². The molecule has 0 spiro atoms. The van der Waals surface area contributed by atoms with Gasteiger partial charge in [0.2, 0.25) is 0 Å². The molecule has 0 saturated heterocycles. The van der Waals surface area contributed by atoms with E-state index in [9.17, 15) is 0 Å². The van der Waals surface area contributed by atoms with Crippen LogP contribution >= 0.6 is 23.1 Å². The Balaban J connectivity index is 1.86. The number of aromatic nitrogens is 3. The number of hydrogen-bond donors (Lipinski definition) is 1. The van der Waals surface area contributed by atoms with E-state index in [0.717, 1.165) is 33.0 Å². The third-order valence-electron chi connectivity index (χ3n) is 2.86. The summed E-state index contributed by atoms with van der Waals surface area (Å²) in [6.45, 7) is 3.84. The van der Waals surface area contributed by atoms with Crippen molar-refractivity contribution in [3.05, 3.63) is 28.5 Å². The Bertz CT molecular complexity index is 715. The molecule has 7 heteroatoms. The number of thioether (sulfide) groups is 1. The van der Waals surface area contributed by atoms with Crippen LogP contribution in [0.1, 0.15) is 17.0 Å². The highest BCUT2D eigenvalue weighted by Gasteiger charge is 2.12. The van der Waals surface area contributed by atoms with E-state index < -0.39 is 0 Å². The summed E-state index contributed by atoms with van der Waals surface area (Å²) in [6.07, 6.45) is 0. The second-order valence-electron chi connectivity index (χ2n) is 4.12. The molecule has 3 aromatic heterocycles. The van der Waals surface area contributed by atoms with Gasteiger partial charge >= 0.3 is 0 Å². The van der Waals surface area contributed by atoms with Gasteiger partial charge in [-0.25, -0.2) is 9.97 Å². The van der Waals surface area contributed by atoms with Crippen LogP contribution in [0.15, 0.2) is 21.1 Å². The molecule has 0 aliphatic rings. The van der Waals surface area contributed by atoms with Crippen LogP contribution in [0.4, 0.5) is 5.82 Å². The minimum Gasteiger partial charge on any atom is -0.383 e. The number of fused-ring (bicyclic) bond motifs is 1. The normalized spacial score (nSPS) is 11.3. The molecule has 0 aliphatic heterocycles. The molecule has 0 saturated carbocycles. The van der Waals surface area contributed by atoms with Crippen LogP contribution in [0, 0.1) is 13.8 Å². The monoisotopic (exact) mass is 292 g/mol. The van der Waals surface area contributed by atoms with Crippen molar-refractivity contribution >= 4 is 39.1 Å². The third-order valence-corrected chi connectivity index (χ3v) is 4.54. The van der Waals surface area contributed by atoms with Crippen molar-refractivity contribution < 1.29 is 4.52 Å². The summed E-state index contributed by atoms with van der Waals surface area (Å²) in [5.74, 6) is 2.11. The lowest BCUT2D eigenvalue weighted by molar-refractivity contribution is 0.392. The first-order valence-electron chi connectivity index (χ1n) is 5.70. The molecule has 0 aliphatic carbocycles. The van der Waals surface area contributed by atoms with Gasteiger partial charge in [-0.1, -0.05) is 16.9 Å². The summed E-state index contributed by atoms with van der Waals surface area (Å²) in [7, 11) is 0. The van der Waals surface area contributed by atoms with E-state index in [0.29, 0.717) is 11.0 Å². The lowest BCUT2D eigenvalue weighted by atomic mass is 10.2. The van der Waals surface area contributed by atoms with Crippen molar-refractivity contribution in [3.63, 3.8) is 0 Å². The summed E-state index contributed by atoms with van der Waals surface area (Å²) in [6, 6.07) is 1.94. The molecule has 3 aromatic rings. The van der Waals surface area contributed by atoms with Crippen molar-refractivity contribution in [3.8, 4) is 0 Å². The molecule has 0 amide bonds. The lowest BCUT2D eigenvalue weighted by Gasteiger charge is -2.02. The van der Waals surface area contributed by atoms with E-state index in [1.54, 1.807) is 23.1 Å². The summed E-state index contributed by atoms with van der Waals surface area (Å²) < 4.78 is 5.14. The van der Waals surface area contributed by atoms with Crippen molar-refractivity contribution in [2.24, 2.45) is 0 Å². The molecule has 0 radical (unpaired) electrons. The van der Waals surface area contributed by atoms with Gasteiger partial charge < -0.3 is 10.3 Å². The molecule has 98 valence electrons. The molecule has 0 aromatic carbocycles. The zero-order chi connectivity index (χ0) is 13.4. The molecule has 2 N–H and O–H groups in total. The van der Waals surface area contributed by atoms with Gasteiger partial charge in [-0.05, 0) is 25.3 Å². The fourth-order valence-corrected chi connectivity index (χ4v) is 3.60. The van der Waals surface area contributed by atoms with Crippen LogP contribution in [0.2, 0.25) is 0 Å². The largest absolute Gasteiger partial charge is 0.383 e. The Hall–Kier alpha value is -1.60. The summed E-state index contributed by atoms with van der Waals surface area (Å²) in [4.78, 5) is 9.74. The fourth-order valence-electron chi connectivity index (χ4n) is 1.77. The van der Waals surface area contributed by atoms with Crippen molar-refractivity contribution in [2.45, 2.75) is 24.8 Å². The van der Waals surface area contributed by atoms with Crippen LogP contribution < -0.4 is 5.73 Å². The Morgan fingerprint density at radius 3 is 2.95 bits per heavy atom. The zero-order valence-corrected chi connectivity index (χ0v) is 12.1. The average molecular weight is 292 g/mol. The van der Waals surface area contributed by atoms with Gasteiger partial charge in [0.1, 0.15) is 16.4 Å². The fraction of sp³-hybridized carbons (Fsp3) is 0.250. The zero-order valence-electron chi connectivity index (χ0n) is 10.5. The highest BCUT2D eigenvalue weighted by atomic mass is 32.2. The maximum absolute atomic E-state index is 5.92. The SMILES string of the molecule is Cc1noc(C)c1CSc1nc(N)c2ccsc2n1. The third kappa shape index (κ3) is 2.31. The predicted molar refractivity (Wildman–Crippen MR) is 77.4 cm³/mol. The van der Waals surface area contributed by atoms with Gasteiger partial charge in [-0.3, -0.25) is 0 Å². The molecule has 0 fully saturated rings. The molecule has 3 rings (SSSR count). The summed E-state index contributed by atoms with van der Waals surface area (Å²) in [5, 5.41) is 7.52. The van der Waals surface area contributed by atoms with Crippen molar-refractivity contribution in [1.82, 2.24) is 15.1 Å². The quantitative estimate of drug-likeness (QED) is 0.590. The molecule has 0 unspecified atom stereocenters. The Labute approximate surface area is 118 Å². The minimum absolute atomic E-state index is 0.535. The second kappa shape index (κ2) is 4.82. The number of nitrogens with two attached hydrogens (primary N) is 1. The van der Waals surface area contributed by atoms with Crippen LogP contribution in [-0.4, -0.2) is 15.1 Å². The van der Waals surface area contributed by atoms with E-state index in [-0.39, 0.29) is 0 Å². The first kappa shape index (κ1) is 12.4. The number of hydrogen-bond acceptors (Lipinski definition) is 7. The van der Waals surface area contributed by atoms with Crippen molar-refractivity contribution in [1.29, 1.82) is 0 Å². The molecular formula is C12H12N4OS2. The van der Waals surface area contributed by atoms with Gasteiger partial charge in [0.05, 0.1) is 11.1 Å². The van der Waals surface area contributed by atoms with Gasteiger partial charge in [0.15, 0.2) is 5.16 Å². The summed E-state index contributed by atoms with van der Waals surface area (Å²) >= 11 is 3.11. The van der Waals surface area contributed by atoms with Crippen molar-refractivity contribution in [2.75, 3.05) is 5.73 Å². The molecule has 5 nitrogen and oxygen atoms in total. The van der Waals surface area contributed by atoms with Crippen LogP contribution in [0.3, 0.4) is 0 Å². The predicted octanol–water partition coefficient (Wildman–Crippen LogP) is 3.17. The first-order chi connectivity index (χ1) is 9.15. The maximum atomic E-state index is 5.92. The maximum Gasteiger partial charge on any atom is 0.191 e. The Kier molecular flexibility index (Phi) is 3.16. The topological polar surface area (TPSA) is 77.8 Å². The van der Waals surface area contributed by atoms with E-state index >= 15 is 0 Å². The van der Waals surface area contributed by atoms with Crippen LogP contribution in [0.5, 0.6) is 0 Å². The average Bonchev–Trinajstić information content (AvgIpc) is 2.96. The number of aryl methyl sites for hydroxylation is 2. The molecule has 19 heavy (non-hydrogen) atoms. The first-order valence-corrected chi connectivity index (χ1v) is 7.57. The number of nitrogen functional groups attached to an aromatic ring is 1. The summed E-state index contributed by atoms with van der Waals surface area (Å²) in [5.41, 5.74) is 7.93. The Morgan fingerprint density at radius 1 is 1.37 bits per heavy atom. The standard InChI is InChI=1S/C12H12N4OS2/c1-6-9(7(2)17-16-6)5-19-12-14-10(13)8-3-4-18-11(8)15-12/h3-4H,5H2,1-2H3,(H2,13,14,15). The highest BCUT2D eigenvalue weighted by molar-refractivity contribution is 7.98. The van der Waals surface area contributed by atoms with E-state index in [2.05, 4.69) is 15.1 Å². The molecule has 0 atom stereocenters. The van der Waals surface area contributed by atoms with Crippen LogP contribution in [0.25, 0.3) is 10.2 Å². The van der Waals surface area contributed by atoms with Gasteiger partial charge in [0, 0.05) is 11.3 Å². The lowest BCUT2D eigenvalue weighted by Crippen LogP contribution is -1.95. The molecule has 3 heterocycles. The second-order valence-corrected chi connectivity index (χ2v) is 5.96. The van der Waals surface area contributed by atoms with Gasteiger partial charge in [-0.2, -0.15) is 0 Å². The van der Waals surface area contributed by atoms with Gasteiger partial charge in [0.25, 0.3) is 0 Å². The van der Waals surface area contributed by atoms with E-state index in [1.165, 1.54) is 0 Å². The Morgan fingerprint density at radius 2 is 2.21 bits per heavy atom. The number of rotatable bonds is 3. The van der Waals surface area contributed by atoms with Gasteiger partial charge in [-0.15, -0.1) is 11.3 Å². The highest BCUT2D eigenvalue weighted by Crippen LogP contribution is 2.29. The molecule has 0 bridgehead atoms. The number of thiophene rings is 1. The minimum atomic E-state index is 0.535. The molecular weight excluding hydrogens is 280 g/mol. The number of nitrogens with zero attached hydrogens (tertiary/aromatic N) is 3. The number of anilines is 1. The smallest absolute Gasteiger partial charge is 0.191 e.